The van der Waals surface area contributed by atoms with Gasteiger partial charge in [0.15, 0.2) is 11.5 Å². The Morgan fingerprint density at radius 1 is 1.30 bits per heavy atom. The molecule has 7 heteroatoms. The maximum atomic E-state index is 9.18. The van der Waals surface area contributed by atoms with Crippen LogP contribution in [0.2, 0.25) is 0 Å². The van der Waals surface area contributed by atoms with E-state index in [2.05, 4.69) is 15.5 Å². The number of aliphatic hydroxyl groups is 1. The molecule has 1 aromatic carbocycles. The number of benzene rings is 1. The topological polar surface area (TPSA) is 89.6 Å². The fraction of sp³-hybridized carbons (Fsp3) is 0.385. The van der Waals surface area contributed by atoms with E-state index in [1.807, 2.05) is 6.07 Å². The molecule has 2 N–H and O–H groups in total. The van der Waals surface area contributed by atoms with E-state index in [9.17, 15) is 5.11 Å². The van der Waals surface area contributed by atoms with Gasteiger partial charge in [-0.3, -0.25) is 0 Å². The van der Waals surface area contributed by atoms with Crippen molar-refractivity contribution in [2.24, 2.45) is 0 Å². The van der Waals surface area contributed by atoms with E-state index in [4.69, 9.17) is 14.0 Å². The highest BCUT2D eigenvalue weighted by Gasteiger charge is 2.12. The zero-order valence-electron chi connectivity index (χ0n) is 11.6. The summed E-state index contributed by atoms with van der Waals surface area (Å²) in [4.78, 5) is 4.19. The van der Waals surface area contributed by atoms with Gasteiger partial charge in [-0.15, -0.1) is 0 Å². The first-order valence-corrected chi connectivity index (χ1v) is 6.12. The zero-order valence-corrected chi connectivity index (χ0v) is 11.6. The number of anilines is 1. The Morgan fingerprint density at radius 2 is 2.05 bits per heavy atom. The van der Waals surface area contributed by atoms with Crippen molar-refractivity contribution in [2.45, 2.75) is 13.0 Å². The van der Waals surface area contributed by atoms with Gasteiger partial charge in [-0.2, -0.15) is 4.98 Å². The Morgan fingerprint density at radius 3 is 2.70 bits per heavy atom. The third-order valence-electron chi connectivity index (χ3n) is 2.62. The molecule has 0 unspecified atom stereocenters. The standard InChI is InChI=1S/C13H17N3O4/c1-8(17)7-14-13-15-12(16-20-13)9-4-5-10(18-2)11(6-9)19-3/h4-6,8,17H,7H2,1-3H3,(H,14,15,16)/t8-/m1/s1. The minimum atomic E-state index is -0.494. The fourth-order valence-electron chi connectivity index (χ4n) is 1.62. The SMILES string of the molecule is COc1ccc(-c2noc(NC[C@@H](C)O)n2)cc1OC. The zero-order chi connectivity index (χ0) is 14.5. The van der Waals surface area contributed by atoms with E-state index in [-0.39, 0.29) is 6.01 Å². The van der Waals surface area contributed by atoms with E-state index in [0.717, 1.165) is 5.56 Å². The van der Waals surface area contributed by atoms with Crippen molar-refractivity contribution < 1.29 is 19.1 Å². The average molecular weight is 279 g/mol. The lowest BCUT2D eigenvalue weighted by Crippen LogP contribution is -2.15. The molecule has 20 heavy (non-hydrogen) atoms. The number of nitrogens with one attached hydrogen (secondary N) is 1. The van der Waals surface area contributed by atoms with Gasteiger partial charge in [0, 0.05) is 12.1 Å². The Labute approximate surface area is 116 Å². The molecule has 0 saturated carbocycles. The number of methoxy groups -OCH3 is 2. The van der Waals surface area contributed by atoms with Crippen LogP contribution in [0.1, 0.15) is 6.92 Å². The molecule has 2 aromatic rings. The Kier molecular flexibility index (Phi) is 4.41. The van der Waals surface area contributed by atoms with Gasteiger partial charge in [0.2, 0.25) is 5.82 Å². The van der Waals surface area contributed by atoms with Crippen LogP contribution in [-0.2, 0) is 0 Å². The number of aromatic nitrogens is 2. The predicted octanol–water partition coefficient (Wildman–Crippen LogP) is 1.55. The molecule has 1 atom stereocenters. The molecule has 2 rings (SSSR count). The summed E-state index contributed by atoms with van der Waals surface area (Å²) < 4.78 is 15.4. The first kappa shape index (κ1) is 14.1. The van der Waals surface area contributed by atoms with Crippen LogP contribution in [0.25, 0.3) is 11.4 Å². The van der Waals surface area contributed by atoms with Gasteiger partial charge >= 0.3 is 6.01 Å². The van der Waals surface area contributed by atoms with E-state index >= 15 is 0 Å². The van der Waals surface area contributed by atoms with Gasteiger partial charge < -0.3 is 24.4 Å². The molecule has 1 heterocycles. The van der Waals surface area contributed by atoms with Crippen molar-refractivity contribution in [3.05, 3.63) is 18.2 Å². The second kappa shape index (κ2) is 6.25. The maximum Gasteiger partial charge on any atom is 0.321 e. The highest BCUT2D eigenvalue weighted by molar-refractivity contribution is 5.61. The third kappa shape index (κ3) is 3.18. The Hall–Kier alpha value is -2.28. The van der Waals surface area contributed by atoms with E-state index < -0.39 is 6.10 Å². The van der Waals surface area contributed by atoms with Crippen LogP contribution in [0.15, 0.2) is 22.7 Å². The molecule has 0 saturated heterocycles. The Bertz CT molecular complexity index is 568. The van der Waals surface area contributed by atoms with Crippen LogP contribution in [0.5, 0.6) is 11.5 Å². The summed E-state index contributed by atoms with van der Waals surface area (Å²) in [5.41, 5.74) is 0.747. The van der Waals surface area contributed by atoms with Gasteiger partial charge in [0.1, 0.15) is 0 Å². The van der Waals surface area contributed by atoms with E-state index in [1.54, 1.807) is 33.3 Å². The monoisotopic (exact) mass is 279 g/mol. The Balaban J connectivity index is 2.19. The molecule has 0 amide bonds. The van der Waals surface area contributed by atoms with Gasteiger partial charge in [0.05, 0.1) is 20.3 Å². The quantitative estimate of drug-likeness (QED) is 0.829. The molecule has 108 valence electrons. The normalized spacial score (nSPS) is 12.0. The van der Waals surface area contributed by atoms with Crippen molar-refractivity contribution in [2.75, 3.05) is 26.1 Å². The second-order valence-corrected chi connectivity index (χ2v) is 4.22. The van der Waals surface area contributed by atoms with Crippen LogP contribution in [0, 0.1) is 0 Å². The summed E-state index contributed by atoms with van der Waals surface area (Å²) in [6, 6.07) is 5.61. The number of ether oxygens (including phenoxy) is 2. The molecule has 0 aliphatic rings. The lowest BCUT2D eigenvalue weighted by atomic mass is 10.2. The fourth-order valence-corrected chi connectivity index (χ4v) is 1.62. The highest BCUT2D eigenvalue weighted by atomic mass is 16.5. The van der Waals surface area contributed by atoms with Crippen LogP contribution in [0.3, 0.4) is 0 Å². The minimum Gasteiger partial charge on any atom is -0.493 e. The van der Waals surface area contributed by atoms with Crippen molar-refractivity contribution in [1.82, 2.24) is 10.1 Å². The summed E-state index contributed by atoms with van der Waals surface area (Å²) in [6.07, 6.45) is -0.494. The largest absolute Gasteiger partial charge is 0.493 e. The number of hydrogen-bond acceptors (Lipinski definition) is 7. The first-order valence-electron chi connectivity index (χ1n) is 6.12. The van der Waals surface area contributed by atoms with E-state index in [1.165, 1.54) is 0 Å². The molecule has 0 aliphatic heterocycles. The predicted molar refractivity (Wildman–Crippen MR) is 73.0 cm³/mol. The number of hydrogen-bond donors (Lipinski definition) is 2. The number of aliphatic hydroxyl groups excluding tert-OH is 1. The minimum absolute atomic E-state index is 0.260. The lowest BCUT2D eigenvalue weighted by molar-refractivity contribution is 0.207. The van der Waals surface area contributed by atoms with Crippen molar-refractivity contribution in [3.8, 4) is 22.9 Å². The average Bonchev–Trinajstić information content (AvgIpc) is 2.93. The lowest BCUT2D eigenvalue weighted by Gasteiger charge is -2.07. The molecule has 0 spiro atoms. The third-order valence-corrected chi connectivity index (χ3v) is 2.62. The molecule has 0 bridgehead atoms. The van der Waals surface area contributed by atoms with Gasteiger partial charge in [0.25, 0.3) is 0 Å². The second-order valence-electron chi connectivity index (χ2n) is 4.22. The molecule has 0 fully saturated rings. The van der Waals surface area contributed by atoms with Crippen LogP contribution < -0.4 is 14.8 Å². The smallest absolute Gasteiger partial charge is 0.321 e. The van der Waals surface area contributed by atoms with E-state index in [0.29, 0.717) is 23.9 Å². The van der Waals surface area contributed by atoms with Crippen LogP contribution in [-0.4, -0.2) is 42.1 Å². The molecule has 0 aliphatic carbocycles. The molecular weight excluding hydrogens is 262 g/mol. The van der Waals surface area contributed by atoms with Gasteiger partial charge in [-0.25, -0.2) is 0 Å². The van der Waals surface area contributed by atoms with Crippen molar-refractivity contribution >= 4 is 6.01 Å². The van der Waals surface area contributed by atoms with Crippen LogP contribution >= 0.6 is 0 Å². The summed E-state index contributed by atoms with van der Waals surface area (Å²) in [7, 11) is 3.14. The summed E-state index contributed by atoms with van der Waals surface area (Å²) in [5, 5.41) is 15.9. The summed E-state index contributed by atoms with van der Waals surface area (Å²) in [5.74, 6) is 1.65. The van der Waals surface area contributed by atoms with Gasteiger partial charge in [-0.1, -0.05) is 5.16 Å². The molecule has 0 radical (unpaired) electrons. The number of nitrogens with zero attached hydrogens (tertiary/aromatic N) is 2. The first-order chi connectivity index (χ1) is 9.63. The summed E-state index contributed by atoms with van der Waals surface area (Å²) in [6.45, 7) is 2.01. The van der Waals surface area contributed by atoms with Crippen molar-refractivity contribution in [1.29, 1.82) is 0 Å². The molecular formula is C13H17N3O4. The number of rotatable bonds is 6. The maximum absolute atomic E-state index is 9.18. The molecule has 1 aromatic heterocycles. The van der Waals surface area contributed by atoms with Crippen LogP contribution in [0.4, 0.5) is 6.01 Å². The molecule has 7 nitrogen and oxygen atoms in total. The van der Waals surface area contributed by atoms with Gasteiger partial charge in [-0.05, 0) is 25.1 Å². The summed E-state index contributed by atoms with van der Waals surface area (Å²) >= 11 is 0. The van der Waals surface area contributed by atoms with Crippen molar-refractivity contribution in [3.63, 3.8) is 0 Å². The highest BCUT2D eigenvalue weighted by Crippen LogP contribution is 2.31.